The maximum Gasteiger partial charge on any atom is 0.326 e. The molecule has 3 rings (SSSR count). The van der Waals surface area contributed by atoms with Crippen molar-refractivity contribution in [3.63, 3.8) is 0 Å². The molecule has 0 bridgehead atoms. The summed E-state index contributed by atoms with van der Waals surface area (Å²) in [5.41, 5.74) is 1.00. The topological polar surface area (TPSA) is 111 Å². The van der Waals surface area contributed by atoms with Gasteiger partial charge in [0.05, 0.1) is 25.5 Å². The zero-order valence-corrected chi connectivity index (χ0v) is 15.8. The molecule has 0 aliphatic carbocycles. The third-order valence-corrected chi connectivity index (χ3v) is 4.20. The first-order valence-electron chi connectivity index (χ1n) is 8.57. The number of carbonyl (C=O) groups is 4. The van der Waals surface area contributed by atoms with Crippen molar-refractivity contribution in [3.05, 3.63) is 48.0 Å². The van der Waals surface area contributed by atoms with E-state index in [-0.39, 0.29) is 5.56 Å². The Morgan fingerprint density at radius 1 is 1.00 bits per heavy atom. The fourth-order valence-electron chi connectivity index (χ4n) is 2.84. The molecule has 0 saturated heterocycles. The lowest BCUT2D eigenvalue weighted by Crippen LogP contribution is -2.36. The molecule has 0 spiro atoms. The maximum atomic E-state index is 12.1. The van der Waals surface area contributed by atoms with E-state index in [2.05, 4.69) is 5.32 Å². The molecule has 0 radical (unpaired) electrons. The molecule has 0 saturated carbocycles. The van der Waals surface area contributed by atoms with Gasteiger partial charge in [0, 0.05) is 11.8 Å². The van der Waals surface area contributed by atoms with E-state index < -0.39 is 36.7 Å². The molecule has 9 heteroatoms. The first kappa shape index (κ1) is 19.9. The fraction of sp³-hybridized carbons (Fsp3) is 0.200. The smallest absolute Gasteiger partial charge is 0.326 e. The van der Waals surface area contributed by atoms with Crippen molar-refractivity contribution in [1.82, 2.24) is 0 Å². The number of esters is 1. The van der Waals surface area contributed by atoms with Gasteiger partial charge in [-0.1, -0.05) is 12.1 Å². The maximum absolute atomic E-state index is 12.1. The summed E-state index contributed by atoms with van der Waals surface area (Å²) in [4.78, 5) is 49.1. The van der Waals surface area contributed by atoms with Gasteiger partial charge in [-0.25, -0.2) is 0 Å². The summed E-state index contributed by atoms with van der Waals surface area (Å²) in [6.45, 7) is -1.02. The van der Waals surface area contributed by atoms with Crippen molar-refractivity contribution >= 4 is 34.9 Å². The van der Waals surface area contributed by atoms with Crippen LogP contribution in [0.4, 0.5) is 11.4 Å². The van der Waals surface area contributed by atoms with Gasteiger partial charge in [0.15, 0.2) is 18.1 Å². The third-order valence-electron chi connectivity index (χ3n) is 4.20. The minimum Gasteiger partial charge on any atom is -0.493 e. The highest BCUT2D eigenvalue weighted by atomic mass is 16.5. The predicted octanol–water partition coefficient (Wildman–Crippen LogP) is 1.41. The Bertz CT molecular complexity index is 987. The Kier molecular flexibility index (Phi) is 5.77. The van der Waals surface area contributed by atoms with Crippen molar-refractivity contribution in [2.45, 2.75) is 0 Å². The third kappa shape index (κ3) is 4.18. The van der Waals surface area contributed by atoms with E-state index >= 15 is 0 Å². The molecular weight excluding hydrogens is 380 g/mol. The van der Waals surface area contributed by atoms with Gasteiger partial charge >= 0.3 is 5.97 Å². The van der Waals surface area contributed by atoms with Gasteiger partial charge in [-0.15, -0.1) is 0 Å². The van der Waals surface area contributed by atoms with Crippen LogP contribution in [0.25, 0.3) is 0 Å². The number of carbonyl (C=O) groups excluding carboxylic acids is 4. The average Bonchev–Trinajstić information content (AvgIpc) is 2.97. The number of benzene rings is 2. The molecule has 1 heterocycles. The van der Waals surface area contributed by atoms with Crippen LogP contribution in [0, 0.1) is 0 Å². The standard InChI is InChI=1S/C20H18N2O7/c1-27-15-8-7-12(9-16(15)28-2)21-17(23)11-29-18(24)10-22-14-6-4-3-5-13(14)19(25)20(22)26/h3-9H,10-11H2,1-2H3,(H,21,23). The summed E-state index contributed by atoms with van der Waals surface area (Å²) in [5, 5.41) is 2.56. The molecule has 0 fully saturated rings. The number of nitrogens with one attached hydrogen (secondary N) is 1. The van der Waals surface area contributed by atoms with Crippen LogP contribution in [0.2, 0.25) is 0 Å². The van der Waals surface area contributed by atoms with Crippen molar-refractivity contribution in [1.29, 1.82) is 0 Å². The van der Waals surface area contributed by atoms with Crippen molar-refractivity contribution in [2.24, 2.45) is 0 Å². The first-order valence-corrected chi connectivity index (χ1v) is 8.57. The number of para-hydroxylation sites is 1. The van der Waals surface area contributed by atoms with E-state index in [1.807, 2.05) is 0 Å². The Balaban J connectivity index is 1.55. The van der Waals surface area contributed by atoms with Crippen molar-refractivity contribution in [2.75, 3.05) is 37.6 Å². The lowest BCUT2D eigenvalue weighted by molar-refractivity contribution is -0.146. The van der Waals surface area contributed by atoms with E-state index in [4.69, 9.17) is 14.2 Å². The number of methoxy groups -OCH3 is 2. The Hall–Kier alpha value is -3.88. The van der Waals surface area contributed by atoms with Gasteiger partial charge in [0.2, 0.25) is 0 Å². The van der Waals surface area contributed by atoms with Crippen LogP contribution in [0.15, 0.2) is 42.5 Å². The van der Waals surface area contributed by atoms with E-state index in [0.717, 1.165) is 4.90 Å². The number of hydrogen-bond donors (Lipinski definition) is 1. The number of nitrogens with zero attached hydrogens (tertiary/aromatic N) is 1. The van der Waals surface area contributed by atoms with E-state index in [0.29, 0.717) is 22.9 Å². The largest absolute Gasteiger partial charge is 0.493 e. The normalized spacial score (nSPS) is 12.4. The fourth-order valence-corrected chi connectivity index (χ4v) is 2.84. The zero-order chi connectivity index (χ0) is 21.0. The first-order chi connectivity index (χ1) is 13.9. The summed E-state index contributed by atoms with van der Waals surface area (Å²) >= 11 is 0. The number of ketones is 1. The van der Waals surface area contributed by atoms with Crippen LogP contribution in [0.1, 0.15) is 10.4 Å². The van der Waals surface area contributed by atoms with Crippen molar-refractivity contribution in [3.8, 4) is 11.5 Å². The lowest BCUT2D eigenvalue weighted by Gasteiger charge is -2.15. The highest BCUT2D eigenvalue weighted by Gasteiger charge is 2.36. The Morgan fingerprint density at radius 3 is 2.45 bits per heavy atom. The Labute approximate surface area is 166 Å². The molecule has 0 aromatic heterocycles. The van der Waals surface area contributed by atoms with E-state index in [1.54, 1.807) is 36.4 Å². The number of fused-ring (bicyclic) bond motifs is 1. The molecule has 0 unspecified atom stereocenters. The summed E-state index contributed by atoms with van der Waals surface area (Å²) in [6.07, 6.45) is 0. The summed E-state index contributed by atoms with van der Waals surface area (Å²) in [7, 11) is 2.96. The number of Topliss-reactive ketones (excluding diaryl/α,β-unsaturated/α-hetero) is 1. The SMILES string of the molecule is COc1ccc(NC(=O)COC(=O)CN2C(=O)C(=O)c3ccccc32)cc1OC. The second-order valence-electron chi connectivity index (χ2n) is 6.02. The Morgan fingerprint density at radius 2 is 1.72 bits per heavy atom. The van der Waals surface area contributed by atoms with Gasteiger partial charge in [0.25, 0.3) is 17.6 Å². The van der Waals surface area contributed by atoms with Gasteiger partial charge in [-0.05, 0) is 24.3 Å². The van der Waals surface area contributed by atoms with Gasteiger partial charge in [-0.2, -0.15) is 0 Å². The van der Waals surface area contributed by atoms with Crippen LogP contribution >= 0.6 is 0 Å². The zero-order valence-electron chi connectivity index (χ0n) is 15.8. The summed E-state index contributed by atoms with van der Waals surface area (Å²) in [5.74, 6) is -1.95. The minimum absolute atomic E-state index is 0.233. The molecule has 2 aromatic rings. The molecule has 29 heavy (non-hydrogen) atoms. The highest BCUT2D eigenvalue weighted by Crippen LogP contribution is 2.30. The van der Waals surface area contributed by atoms with Crippen LogP contribution < -0.4 is 19.7 Å². The van der Waals surface area contributed by atoms with Crippen LogP contribution in [0.5, 0.6) is 11.5 Å². The molecule has 1 aliphatic rings. The highest BCUT2D eigenvalue weighted by molar-refractivity contribution is 6.52. The molecule has 2 aromatic carbocycles. The van der Waals surface area contributed by atoms with Gasteiger partial charge in [-0.3, -0.25) is 24.1 Å². The van der Waals surface area contributed by atoms with Gasteiger partial charge < -0.3 is 19.5 Å². The number of anilines is 2. The second kappa shape index (κ2) is 8.42. The molecule has 0 atom stereocenters. The lowest BCUT2D eigenvalue weighted by atomic mass is 10.1. The average molecular weight is 398 g/mol. The van der Waals surface area contributed by atoms with Crippen molar-refractivity contribution < 1.29 is 33.4 Å². The minimum atomic E-state index is -0.815. The molecule has 2 amide bonds. The van der Waals surface area contributed by atoms with E-state index in [9.17, 15) is 19.2 Å². The predicted molar refractivity (Wildman–Crippen MR) is 102 cm³/mol. The number of ether oxygens (including phenoxy) is 3. The molecule has 150 valence electrons. The number of hydrogen-bond acceptors (Lipinski definition) is 7. The summed E-state index contributed by atoms with van der Waals surface area (Å²) < 4.78 is 15.2. The molecule has 1 N–H and O–H groups in total. The van der Waals surface area contributed by atoms with Crippen LogP contribution in [-0.2, 0) is 19.1 Å². The van der Waals surface area contributed by atoms with Gasteiger partial charge in [0.1, 0.15) is 6.54 Å². The molecular formula is C20H18N2O7. The number of rotatable bonds is 7. The van der Waals surface area contributed by atoms with Crippen LogP contribution in [0.3, 0.4) is 0 Å². The number of amides is 2. The molecule has 9 nitrogen and oxygen atoms in total. The molecule has 1 aliphatic heterocycles. The quantitative estimate of drug-likeness (QED) is 0.554. The van der Waals surface area contributed by atoms with Crippen LogP contribution in [-0.4, -0.2) is 50.9 Å². The monoisotopic (exact) mass is 398 g/mol. The second-order valence-corrected chi connectivity index (χ2v) is 6.02. The summed E-state index contributed by atoms with van der Waals surface area (Å²) in [6, 6.07) is 11.1. The van der Waals surface area contributed by atoms with E-state index in [1.165, 1.54) is 20.3 Å².